The van der Waals surface area contributed by atoms with Gasteiger partial charge in [0, 0.05) is 22.9 Å². The summed E-state index contributed by atoms with van der Waals surface area (Å²) in [6, 6.07) is 70.7. The Kier molecular flexibility index (Phi) is 10.8. The molecule has 0 unspecified atom stereocenters. The Morgan fingerprint density at radius 2 is 0.970 bits per heavy atom. The van der Waals surface area contributed by atoms with Gasteiger partial charge < -0.3 is 5.11 Å². The fourth-order valence-corrected chi connectivity index (χ4v) is 9.11. The number of aromatic hydroxyl groups is 1. The SMILES string of the molecule is CC(C)(C)c1ccc(-n2c(-c3cccc(C(C)(C)C)c3O)nc3c(-c4cc(-c5ccccc5)cc(-c5cc(-c6ccc(-c7ccccc7)cc6)ccn5)c4)cccc32)c(-c2ccccc2)c1. The number of nitrogens with zero attached hydrogens (tertiary/aromatic N) is 3. The lowest BCUT2D eigenvalue weighted by Crippen LogP contribution is -2.12. The van der Waals surface area contributed by atoms with Gasteiger partial charge >= 0.3 is 0 Å². The lowest BCUT2D eigenvalue weighted by atomic mass is 9.84. The zero-order valence-electron chi connectivity index (χ0n) is 38.4. The highest BCUT2D eigenvalue weighted by molar-refractivity contribution is 5.98. The lowest BCUT2D eigenvalue weighted by molar-refractivity contribution is 0.448. The maximum absolute atomic E-state index is 12.2. The van der Waals surface area contributed by atoms with Crippen LogP contribution in [0.2, 0.25) is 0 Å². The minimum absolute atomic E-state index is 0.0722. The topological polar surface area (TPSA) is 50.9 Å². The molecule has 0 amide bonds. The van der Waals surface area contributed by atoms with Crippen LogP contribution in [-0.2, 0) is 10.8 Å². The van der Waals surface area contributed by atoms with E-state index in [0.29, 0.717) is 11.4 Å². The molecular weight excluding hydrogens is 803 g/mol. The van der Waals surface area contributed by atoms with Crippen molar-refractivity contribution in [1.29, 1.82) is 0 Å². The van der Waals surface area contributed by atoms with Crippen LogP contribution in [0.4, 0.5) is 0 Å². The number of rotatable bonds is 8. The minimum Gasteiger partial charge on any atom is -0.507 e. The van der Waals surface area contributed by atoms with Gasteiger partial charge in [0.25, 0.3) is 0 Å². The zero-order valence-corrected chi connectivity index (χ0v) is 38.4. The molecule has 0 saturated carbocycles. The highest BCUT2D eigenvalue weighted by Crippen LogP contribution is 2.44. The second kappa shape index (κ2) is 17.0. The van der Waals surface area contributed by atoms with E-state index in [0.717, 1.165) is 78.0 Å². The van der Waals surface area contributed by atoms with Gasteiger partial charge in [-0.25, -0.2) is 4.98 Å². The zero-order chi connectivity index (χ0) is 45.6. The third-order valence-electron chi connectivity index (χ3n) is 12.7. The number of hydrogen-bond donors (Lipinski definition) is 1. The molecule has 2 heterocycles. The van der Waals surface area contributed by atoms with E-state index in [4.69, 9.17) is 9.97 Å². The smallest absolute Gasteiger partial charge is 0.149 e. The van der Waals surface area contributed by atoms with Crippen LogP contribution in [0, 0.1) is 0 Å². The highest BCUT2D eigenvalue weighted by Gasteiger charge is 2.27. The first-order valence-corrected chi connectivity index (χ1v) is 22.8. The van der Waals surface area contributed by atoms with Gasteiger partial charge in [0.05, 0.1) is 28.0 Å². The van der Waals surface area contributed by atoms with Crippen molar-refractivity contribution in [2.24, 2.45) is 0 Å². The molecule has 0 atom stereocenters. The quantitative estimate of drug-likeness (QED) is 0.166. The van der Waals surface area contributed by atoms with Gasteiger partial charge in [-0.2, -0.15) is 0 Å². The predicted octanol–water partition coefficient (Wildman–Crippen LogP) is 16.4. The van der Waals surface area contributed by atoms with E-state index in [2.05, 4.69) is 222 Å². The van der Waals surface area contributed by atoms with Gasteiger partial charge in [0.1, 0.15) is 11.6 Å². The summed E-state index contributed by atoms with van der Waals surface area (Å²) in [5.74, 6) is 0.915. The molecule has 0 fully saturated rings. The number of imidazole rings is 1. The van der Waals surface area contributed by atoms with Crippen LogP contribution in [0.1, 0.15) is 52.7 Å². The van der Waals surface area contributed by atoms with Crippen LogP contribution >= 0.6 is 0 Å². The molecular formula is C62H53N3O. The Balaban J connectivity index is 1.19. The van der Waals surface area contributed by atoms with Crippen molar-refractivity contribution in [3.8, 4) is 89.7 Å². The molecule has 0 aliphatic carbocycles. The first-order valence-electron chi connectivity index (χ1n) is 22.8. The van der Waals surface area contributed by atoms with E-state index >= 15 is 0 Å². The standard InChI is InChI=1S/C62H53N3O/c1-61(2,3)50-32-33-56(53(40-50)45-22-14-9-15-23-45)65-57-27-17-24-51(58(57)64-60(65)52-25-16-26-54(59(52)66)62(4,5)6)48-36-47(42-20-12-8-13-21-42)37-49(38-48)55-39-46(34-35-63-55)44-30-28-43(29-31-44)41-18-10-7-11-19-41/h7-40,66H,1-6H3. The van der Waals surface area contributed by atoms with Crippen LogP contribution in [0.3, 0.4) is 0 Å². The maximum Gasteiger partial charge on any atom is 0.149 e. The Morgan fingerprint density at radius 3 is 1.62 bits per heavy atom. The molecule has 0 radical (unpaired) electrons. The van der Waals surface area contributed by atoms with Crippen molar-refractivity contribution in [3.63, 3.8) is 0 Å². The van der Waals surface area contributed by atoms with Crippen molar-refractivity contribution in [2.45, 2.75) is 52.4 Å². The normalized spacial score (nSPS) is 11.8. The second-order valence-corrected chi connectivity index (χ2v) is 19.3. The molecule has 322 valence electrons. The summed E-state index contributed by atoms with van der Waals surface area (Å²) < 4.78 is 2.26. The number of fused-ring (bicyclic) bond motifs is 1. The van der Waals surface area contributed by atoms with Crippen LogP contribution in [0.25, 0.3) is 95.0 Å². The molecule has 66 heavy (non-hydrogen) atoms. The van der Waals surface area contributed by atoms with Crippen molar-refractivity contribution < 1.29 is 5.11 Å². The number of benzene rings is 8. The molecule has 0 saturated heterocycles. The van der Waals surface area contributed by atoms with E-state index in [1.54, 1.807) is 0 Å². The summed E-state index contributed by atoms with van der Waals surface area (Å²) in [4.78, 5) is 10.6. The van der Waals surface area contributed by atoms with Crippen molar-refractivity contribution in [2.75, 3.05) is 0 Å². The Hall–Kier alpha value is -7.82. The van der Waals surface area contributed by atoms with Crippen LogP contribution in [0.5, 0.6) is 5.75 Å². The van der Waals surface area contributed by atoms with E-state index in [1.165, 1.54) is 16.7 Å². The molecule has 1 N–H and O–H groups in total. The van der Waals surface area contributed by atoms with Crippen LogP contribution in [0.15, 0.2) is 206 Å². The summed E-state index contributed by atoms with van der Waals surface area (Å²) in [7, 11) is 0. The fraction of sp³-hybridized carbons (Fsp3) is 0.129. The molecule has 10 aromatic rings. The first-order chi connectivity index (χ1) is 31.9. The average Bonchev–Trinajstić information content (AvgIpc) is 3.73. The van der Waals surface area contributed by atoms with E-state index in [-0.39, 0.29) is 16.6 Å². The third kappa shape index (κ3) is 8.12. The van der Waals surface area contributed by atoms with Crippen LogP contribution in [-0.4, -0.2) is 19.6 Å². The number of pyridine rings is 1. The lowest BCUT2D eigenvalue weighted by Gasteiger charge is -2.24. The van der Waals surface area contributed by atoms with Crippen LogP contribution < -0.4 is 0 Å². The average molecular weight is 856 g/mol. The Labute approximate surface area is 388 Å². The molecule has 8 aromatic carbocycles. The van der Waals surface area contributed by atoms with E-state index < -0.39 is 0 Å². The summed E-state index contributed by atoms with van der Waals surface area (Å²) in [5, 5.41) is 12.2. The molecule has 0 aliphatic rings. The molecule has 0 bridgehead atoms. The molecule has 4 nitrogen and oxygen atoms in total. The first kappa shape index (κ1) is 42.1. The van der Waals surface area contributed by atoms with Gasteiger partial charge in [-0.05, 0) is 121 Å². The van der Waals surface area contributed by atoms with Crippen molar-refractivity contribution in [3.05, 3.63) is 218 Å². The maximum atomic E-state index is 12.2. The van der Waals surface area contributed by atoms with Gasteiger partial charge in [-0.15, -0.1) is 0 Å². The summed E-state index contributed by atoms with van der Waals surface area (Å²) >= 11 is 0. The predicted molar refractivity (Wildman–Crippen MR) is 276 cm³/mol. The fourth-order valence-electron chi connectivity index (χ4n) is 9.11. The molecule has 0 spiro atoms. The van der Waals surface area contributed by atoms with Gasteiger partial charge in [0.15, 0.2) is 0 Å². The van der Waals surface area contributed by atoms with Crippen molar-refractivity contribution in [1.82, 2.24) is 14.5 Å². The summed E-state index contributed by atoms with van der Waals surface area (Å²) in [5.41, 5.74) is 18.1. The molecule has 0 aliphatic heterocycles. The van der Waals surface area contributed by atoms with Gasteiger partial charge in [-0.1, -0.05) is 187 Å². The minimum atomic E-state index is -0.295. The molecule has 10 rings (SSSR count). The number of para-hydroxylation sites is 2. The number of aromatic nitrogens is 3. The summed E-state index contributed by atoms with van der Waals surface area (Å²) in [6.07, 6.45) is 1.91. The number of phenolic OH excluding ortho intramolecular Hbond substituents is 1. The second-order valence-electron chi connectivity index (χ2n) is 19.3. The summed E-state index contributed by atoms with van der Waals surface area (Å²) in [6.45, 7) is 13.2. The Morgan fingerprint density at radius 1 is 0.409 bits per heavy atom. The van der Waals surface area contributed by atoms with Gasteiger partial charge in [0.2, 0.25) is 0 Å². The van der Waals surface area contributed by atoms with Crippen molar-refractivity contribution >= 4 is 11.0 Å². The van der Waals surface area contributed by atoms with E-state index in [9.17, 15) is 5.11 Å². The highest BCUT2D eigenvalue weighted by atomic mass is 16.3. The monoisotopic (exact) mass is 855 g/mol. The number of hydrogen-bond acceptors (Lipinski definition) is 3. The molecule has 2 aromatic heterocycles. The molecule has 4 heteroatoms. The van der Waals surface area contributed by atoms with E-state index in [1.807, 2.05) is 30.5 Å². The third-order valence-corrected chi connectivity index (χ3v) is 12.7. The Bertz CT molecular complexity index is 3350. The number of phenols is 1. The van der Waals surface area contributed by atoms with Gasteiger partial charge in [-0.3, -0.25) is 9.55 Å². The largest absolute Gasteiger partial charge is 0.507 e.